The van der Waals surface area contributed by atoms with E-state index in [1.165, 1.54) is 0 Å². The summed E-state index contributed by atoms with van der Waals surface area (Å²) in [6.07, 6.45) is 0.992. The second kappa shape index (κ2) is 11.8. The Morgan fingerprint density at radius 1 is 1.13 bits per heavy atom. The van der Waals surface area contributed by atoms with Crippen molar-refractivity contribution in [1.82, 2.24) is 14.8 Å². The van der Waals surface area contributed by atoms with Crippen LogP contribution in [0.15, 0.2) is 53.7 Å². The molecule has 0 saturated heterocycles. The topological polar surface area (TPSA) is 137 Å². The highest BCUT2D eigenvalue weighted by atomic mass is 16.5. The van der Waals surface area contributed by atoms with Gasteiger partial charge >= 0.3 is 5.97 Å². The van der Waals surface area contributed by atoms with Crippen LogP contribution < -0.4 is 20.1 Å². The molecule has 1 aliphatic rings. The lowest BCUT2D eigenvalue weighted by atomic mass is 9.94. The Kier molecular flexibility index (Phi) is 8.27. The standard InChI is InChI=1S/C27H31N5O6/c1-5-38-26(35)17-8-10-18(11-9-17)29-25(34)23-16(2)28-27-30-22(7-6-14-33)31-32(27)24(23)20-15-19(36-3)12-13-21(20)37-4/h8-13,15,24,33H,5-7,14H2,1-4H3,(H,29,34)(H,28,30,31). The minimum atomic E-state index is -0.689. The Balaban J connectivity index is 1.74. The highest BCUT2D eigenvalue weighted by Gasteiger charge is 2.36. The predicted molar refractivity (Wildman–Crippen MR) is 140 cm³/mol. The number of nitrogens with zero attached hydrogens (tertiary/aromatic N) is 3. The van der Waals surface area contributed by atoms with Crippen molar-refractivity contribution in [3.63, 3.8) is 0 Å². The normalized spacial score (nSPS) is 14.4. The molecule has 11 heteroatoms. The molecule has 1 aromatic heterocycles. The first-order chi connectivity index (χ1) is 18.4. The maximum Gasteiger partial charge on any atom is 0.338 e. The number of aromatic nitrogens is 3. The zero-order valence-corrected chi connectivity index (χ0v) is 21.8. The number of allylic oxidation sites excluding steroid dienone is 1. The van der Waals surface area contributed by atoms with Crippen LogP contribution in [0.4, 0.5) is 11.6 Å². The first kappa shape index (κ1) is 26.7. The number of hydrogen-bond acceptors (Lipinski definition) is 9. The summed E-state index contributed by atoms with van der Waals surface area (Å²) in [5.41, 5.74) is 2.55. The molecule has 1 atom stereocenters. The van der Waals surface area contributed by atoms with Crippen LogP contribution in [0, 0.1) is 0 Å². The van der Waals surface area contributed by atoms with E-state index in [1.807, 2.05) is 6.07 Å². The van der Waals surface area contributed by atoms with Crippen LogP contribution in [-0.2, 0) is 16.0 Å². The van der Waals surface area contributed by atoms with E-state index < -0.39 is 12.0 Å². The van der Waals surface area contributed by atoms with E-state index in [1.54, 1.807) is 69.1 Å². The van der Waals surface area contributed by atoms with Gasteiger partial charge in [0, 0.05) is 30.0 Å². The number of ether oxygens (including phenoxy) is 3. The quantitative estimate of drug-likeness (QED) is 0.343. The molecule has 38 heavy (non-hydrogen) atoms. The van der Waals surface area contributed by atoms with Crippen molar-refractivity contribution in [1.29, 1.82) is 0 Å². The molecular formula is C27H31N5O6. The minimum absolute atomic E-state index is 0.0182. The van der Waals surface area contributed by atoms with Gasteiger partial charge in [0.15, 0.2) is 5.82 Å². The van der Waals surface area contributed by atoms with Gasteiger partial charge in [0.05, 0.1) is 32.0 Å². The summed E-state index contributed by atoms with van der Waals surface area (Å²) >= 11 is 0. The van der Waals surface area contributed by atoms with Crippen molar-refractivity contribution >= 4 is 23.5 Å². The lowest BCUT2D eigenvalue weighted by Gasteiger charge is -2.29. The minimum Gasteiger partial charge on any atom is -0.497 e. The third-order valence-corrected chi connectivity index (χ3v) is 6.08. The highest BCUT2D eigenvalue weighted by molar-refractivity contribution is 6.06. The summed E-state index contributed by atoms with van der Waals surface area (Å²) in [4.78, 5) is 30.3. The number of benzene rings is 2. The average Bonchev–Trinajstić information content (AvgIpc) is 3.33. The average molecular weight is 522 g/mol. The number of anilines is 2. The number of carbonyl (C=O) groups excluding carboxylic acids is 2. The molecule has 1 aliphatic heterocycles. The zero-order valence-electron chi connectivity index (χ0n) is 21.8. The number of nitrogens with one attached hydrogen (secondary N) is 2. The van der Waals surface area contributed by atoms with E-state index in [9.17, 15) is 14.7 Å². The van der Waals surface area contributed by atoms with Gasteiger partial charge in [-0.2, -0.15) is 10.1 Å². The molecule has 3 aromatic rings. The van der Waals surface area contributed by atoms with Crippen molar-refractivity contribution < 1.29 is 28.9 Å². The third kappa shape index (κ3) is 5.47. The summed E-state index contributed by atoms with van der Waals surface area (Å²) in [7, 11) is 3.12. The van der Waals surface area contributed by atoms with E-state index >= 15 is 0 Å². The van der Waals surface area contributed by atoms with Gasteiger partial charge in [-0.05, 0) is 62.7 Å². The molecular weight excluding hydrogens is 490 g/mol. The molecule has 4 rings (SSSR count). The van der Waals surface area contributed by atoms with Crippen LogP contribution >= 0.6 is 0 Å². The Morgan fingerprint density at radius 3 is 2.55 bits per heavy atom. The fourth-order valence-electron chi connectivity index (χ4n) is 4.28. The molecule has 0 bridgehead atoms. The van der Waals surface area contributed by atoms with Gasteiger partial charge in [0.25, 0.3) is 5.91 Å². The molecule has 0 aliphatic carbocycles. The molecule has 3 N–H and O–H groups in total. The Labute approximate surface area is 220 Å². The molecule has 0 fully saturated rings. The number of fused-ring (bicyclic) bond motifs is 1. The van der Waals surface area contributed by atoms with Gasteiger partial charge in [-0.1, -0.05) is 0 Å². The molecule has 1 amide bonds. The molecule has 1 unspecified atom stereocenters. The van der Waals surface area contributed by atoms with E-state index in [2.05, 4.69) is 20.7 Å². The maximum absolute atomic E-state index is 13.8. The predicted octanol–water partition coefficient (Wildman–Crippen LogP) is 3.32. The lowest BCUT2D eigenvalue weighted by Crippen LogP contribution is -2.31. The monoisotopic (exact) mass is 521 g/mol. The second-order valence-corrected chi connectivity index (χ2v) is 8.55. The van der Waals surface area contributed by atoms with Gasteiger partial charge in [-0.3, -0.25) is 4.79 Å². The summed E-state index contributed by atoms with van der Waals surface area (Å²) in [6, 6.07) is 11.2. The van der Waals surface area contributed by atoms with E-state index in [0.29, 0.717) is 64.2 Å². The van der Waals surface area contributed by atoms with Crippen LogP contribution in [0.2, 0.25) is 0 Å². The molecule has 2 heterocycles. The largest absolute Gasteiger partial charge is 0.497 e. The number of rotatable bonds is 10. The summed E-state index contributed by atoms with van der Waals surface area (Å²) in [5, 5.41) is 20.0. The molecule has 0 spiro atoms. The van der Waals surface area contributed by atoms with Crippen molar-refractivity contribution in [3.8, 4) is 11.5 Å². The number of carbonyl (C=O) groups is 2. The second-order valence-electron chi connectivity index (χ2n) is 8.55. The van der Waals surface area contributed by atoms with Crippen LogP contribution in [-0.4, -0.2) is 59.2 Å². The van der Waals surface area contributed by atoms with Gasteiger partial charge in [0.1, 0.15) is 17.5 Å². The molecule has 0 saturated carbocycles. The molecule has 11 nitrogen and oxygen atoms in total. The van der Waals surface area contributed by atoms with Crippen LogP contribution in [0.3, 0.4) is 0 Å². The summed E-state index contributed by atoms with van der Waals surface area (Å²) in [5.74, 6) is 1.35. The van der Waals surface area contributed by atoms with E-state index in [-0.39, 0.29) is 19.1 Å². The molecule has 0 radical (unpaired) electrons. The zero-order chi connectivity index (χ0) is 27.2. The lowest BCUT2D eigenvalue weighted by molar-refractivity contribution is -0.113. The van der Waals surface area contributed by atoms with Crippen LogP contribution in [0.5, 0.6) is 11.5 Å². The number of aliphatic hydroxyl groups is 1. The third-order valence-electron chi connectivity index (χ3n) is 6.08. The highest BCUT2D eigenvalue weighted by Crippen LogP contribution is 2.41. The number of amides is 1. The van der Waals surface area contributed by atoms with Gasteiger partial charge in [-0.15, -0.1) is 0 Å². The Hall–Kier alpha value is -4.38. The van der Waals surface area contributed by atoms with Gasteiger partial charge in [-0.25, -0.2) is 9.48 Å². The fraction of sp³-hybridized carbons (Fsp3) is 0.333. The van der Waals surface area contributed by atoms with Gasteiger partial charge in [0.2, 0.25) is 5.95 Å². The van der Waals surface area contributed by atoms with E-state index in [0.717, 1.165) is 0 Å². The van der Waals surface area contributed by atoms with Crippen molar-refractivity contribution in [2.45, 2.75) is 32.7 Å². The van der Waals surface area contributed by atoms with E-state index in [4.69, 9.17) is 14.2 Å². The number of aryl methyl sites for hydroxylation is 1. The number of methoxy groups -OCH3 is 2. The van der Waals surface area contributed by atoms with Crippen molar-refractivity contribution in [3.05, 3.63) is 70.7 Å². The number of esters is 1. The SMILES string of the molecule is CCOC(=O)c1ccc(NC(=O)C2=C(C)Nc3nc(CCCO)nn3C2c2cc(OC)ccc2OC)cc1. The first-order valence-electron chi connectivity index (χ1n) is 12.2. The van der Waals surface area contributed by atoms with Crippen molar-refractivity contribution in [2.24, 2.45) is 0 Å². The summed E-state index contributed by atoms with van der Waals surface area (Å²) in [6.45, 7) is 3.83. The van der Waals surface area contributed by atoms with Gasteiger partial charge < -0.3 is 30.0 Å². The molecule has 2 aromatic carbocycles. The first-order valence-corrected chi connectivity index (χ1v) is 12.2. The van der Waals surface area contributed by atoms with Crippen LogP contribution in [0.25, 0.3) is 0 Å². The molecule has 200 valence electrons. The smallest absolute Gasteiger partial charge is 0.338 e. The number of aliphatic hydroxyl groups excluding tert-OH is 1. The fourth-order valence-corrected chi connectivity index (χ4v) is 4.28. The number of hydrogen-bond donors (Lipinski definition) is 3. The van der Waals surface area contributed by atoms with Crippen molar-refractivity contribution in [2.75, 3.05) is 38.1 Å². The Morgan fingerprint density at radius 2 is 1.89 bits per heavy atom. The maximum atomic E-state index is 13.8. The summed E-state index contributed by atoms with van der Waals surface area (Å²) < 4.78 is 17.8. The van der Waals surface area contributed by atoms with Crippen LogP contribution in [0.1, 0.15) is 48.1 Å². The Bertz CT molecular complexity index is 1350.